The summed E-state index contributed by atoms with van der Waals surface area (Å²) in [6, 6.07) is 12.1. The highest BCUT2D eigenvalue weighted by Gasteiger charge is 2.28. The van der Waals surface area contributed by atoms with Crippen LogP contribution in [-0.2, 0) is 18.7 Å². The lowest BCUT2D eigenvalue weighted by molar-refractivity contribution is 0.0379. The molecule has 1 fully saturated rings. The molecule has 0 amide bonds. The Morgan fingerprint density at radius 2 is 1.90 bits per heavy atom. The van der Waals surface area contributed by atoms with Crippen LogP contribution < -0.4 is 0 Å². The Hall–Kier alpha value is -2.24. The number of aromatic nitrogens is 1. The Labute approximate surface area is 170 Å². The average Bonchev–Trinajstić information content (AvgIpc) is 3.20. The lowest BCUT2D eigenvalue weighted by Gasteiger charge is -2.27. The highest BCUT2D eigenvalue weighted by molar-refractivity contribution is 5.82. The molecule has 5 heteroatoms. The summed E-state index contributed by atoms with van der Waals surface area (Å²) in [5.41, 5.74) is 2.39. The maximum atomic E-state index is 13.8. The summed E-state index contributed by atoms with van der Waals surface area (Å²) in [7, 11) is 0. The standard InChI is InChI=1S/C24H28F2N2O/c1-16-4-7-23-18(10-16)11-20(14-27-9-8-17(2)13-27)28(23)15-24(3,29)19-5-6-21(25)22(26)12-19/h4-7,10-12,17,29H,8-9,13-15H2,1-3H3. The minimum Gasteiger partial charge on any atom is -0.384 e. The monoisotopic (exact) mass is 398 g/mol. The number of nitrogens with zero attached hydrogens (tertiary/aromatic N) is 2. The first-order valence-corrected chi connectivity index (χ1v) is 10.2. The fraction of sp³-hybridized carbons (Fsp3) is 0.417. The highest BCUT2D eigenvalue weighted by Crippen LogP contribution is 2.30. The molecule has 2 aromatic carbocycles. The lowest BCUT2D eigenvalue weighted by atomic mass is 9.95. The van der Waals surface area contributed by atoms with Gasteiger partial charge in [-0.25, -0.2) is 8.78 Å². The number of benzene rings is 2. The van der Waals surface area contributed by atoms with Crippen molar-refractivity contribution in [2.45, 2.75) is 45.9 Å². The van der Waals surface area contributed by atoms with Crippen LogP contribution in [0.15, 0.2) is 42.5 Å². The van der Waals surface area contributed by atoms with E-state index < -0.39 is 17.2 Å². The number of aliphatic hydroxyl groups is 1. The van der Waals surface area contributed by atoms with Crippen LogP contribution in [-0.4, -0.2) is 27.7 Å². The molecular weight excluding hydrogens is 370 g/mol. The van der Waals surface area contributed by atoms with Gasteiger partial charge in [0.15, 0.2) is 11.6 Å². The molecule has 0 aliphatic carbocycles. The van der Waals surface area contributed by atoms with E-state index >= 15 is 0 Å². The summed E-state index contributed by atoms with van der Waals surface area (Å²) >= 11 is 0. The van der Waals surface area contributed by atoms with E-state index in [1.165, 1.54) is 18.1 Å². The van der Waals surface area contributed by atoms with Crippen LogP contribution in [0.1, 0.15) is 37.1 Å². The van der Waals surface area contributed by atoms with E-state index in [-0.39, 0.29) is 6.54 Å². The van der Waals surface area contributed by atoms with Crippen molar-refractivity contribution >= 4 is 10.9 Å². The van der Waals surface area contributed by atoms with Crippen LogP contribution in [0, 0.1) is 24.5 Å². The highest BCUT2D eigenvalue weighted by atomic mass is 19.2. The van der Waals surface area contributed by atoms with Crippen LogP contribution >= 0.6 is 0 Å². The van der Waals surface area contributed by atoms with Crippen molar-refractivity contribution < 1.29 is 13.9 Å². The molecule has 3 nitrogen and oxygen atoms in total. The van der Waals surface area contributed by atoms with Crippen LogP contribution in [0.5, 0.6) is 0 Å². The molecular formula is C24H28F2N2O. The third kappa shape index (κ3) is 4.07. The fourth-order valence-corrected chi connectivity index (χ4v) is 4.39. The van der Waals surface area contributed by atoms with Crippen molar-refractivity contribution in [2.24, 2.45) is 5.92 Å². The van der Waals surface area contributed by atoms with E-state index in [1.54, 1.807) is 6.92 Å². The zero-order valence-electron chi connectivity index (χ0n) is 17.3. The van der Waals surface area contributed by atoms with Gasteiger partial charge in [0.25, 0.3) is 0 Å². The molecule has 1 N–H and O–H groups in total. The summed E-state index contributed by atoms with van der Waals surface area (Å²) in [5.74, 6) is -1.15. The van der Waals surface area contributed by atoms with Gasteiger partial charge in [0, 0.05) is 29.7 Å². The Morgan fingerprint density at radius 1 is 1.10 bits per heavy atom. The molecule has 154 valence electrons. The predicted molar refractivity (Wildman–Crippen MR) is 112 cm³/mol. The molecule has 2 heterocycles. The van der Waals surface area contributed by atoms with E-state index in [9.17, 15) is 13.9 Å². The van der Waals surface area contributed by atoms with Gasteiger partial charge in [-0.15, -0.1) is 0 Å². The zero-order valence-corrected chi connectivity index (χ0v) is 17.3. The van der Waals surface area contributed by atoms with Gasteiger partial charge in [0.1, 0.15) is 5.60 Å². The smallest absolute Gasteiger partial charge is 0.159 e. The van der Waals surface area contributed by atoms with Gasteiger partial charge >= 0.3 is 0 Å². The number of rotatable bonds is 5. The van der Waals surface area contributed by atoms with Gasteiger partial charge in [0.2, 0.25) is 0 Å². The van der Waals surface area contributed by atoms with Gasteiger partial charge in [0.05, 0.1) is 6.54 Å². The number of halogens is 2. The second-order valence-electron chi connectivity index (χ2n) is 8.82. The molecule has 1 saturated heterocycles. The largest absolute Gasteiger partial charge is 0.384 e. The Balaban J connectivity index is 1.72. The third-order valence-electron chi connectivity index (χ3n) is 6.04. The van der Waals surface area contributed by atoms with Gasteiger partial charge < -0.3 is 9.67 Å². The number of hydrogen-bond donors (Lipinski definition) is 1. The quantitative estimate of drug-likeness (QED) is 0.657. The second-order valence-corrected chi connectivity index (χ2v) is 8.82. The van der Waals surface area contributed by atoms with Gasteiger partial charge in [-0.3, -0.25) is 4.90 Å². The number of hydrogen-bond acceptors (Lipinski definition) is 2. The summed E-state index contributed by atoms with van der Waals surface area (Å²) < 4.78 is 29.3. The summed E-state index contributed by atoms with van der Waals surface area (Å²) in [4.78, 5) is 2.44. The molecule has 2 atom stereocenters. The molecule has 0 saturated carbocycles. The van der Waals surface area contributed by atoms with Crippen molar-refractivity contribution in [3.8, 4) is 0 Å². The molecule has 4 rings (SSSR count). The van der Waals surface area contributed by atoms with Crippen molar-refractivity contribution in [1.82, 2.24) is 9.47 Å². The summed E-state index contributed by atoms with van der Waals surface area (Å²) in [6.45, 7) is 9.21. The van der Waals surface area contributed by atoms with Gasteiger partial charge in [-0.2, -0.15) is 0 Å². The van der Waals surface area contributed by atoms with Crippen molar-refractivity contribution in [2.75, 3.05) is 13.1 Å². The molecule has 1 aromatic heterocycles. The molecule has 0 spiro atoms. The number of aryl methyl sites for hydroxylation is 1. The molecule has 3 aromatic rings. The lowest BCUT2D eigenvalue weighted by Crippen LogP contribution is -2.30. The fourth-order valence-electron chi connectivity index (χ4n) is 4.39. The molecule has 0 radical (unpaired) electrons. The van der Waals surface area contributed by atoms with E-state index in [1.807, 2.05) is 0 Å². The Kier molecular flexibility index (Phi) is 5.21. The minimum absolute atomic E-state index is 0.267. The number of likely N-dealkylation sites (tertiary alicyclic amines) is 1. The van der Waals surface area contributed by atoms with Crippen molar-refractivity contribution in [3.63, 3.8) is 0 Å². The third-order valence-corrected chi connectivity index (χ3v) is 6.04. The first kappa shape index (κ1) is 20.0. The molecule has 29 heavy (non-hydrogen) atoms. The Morgan fingerprint density at radius 3 is 2.59 bits per heavy atom. The average molecular weight is 398 g/mol. The second kappa shape index (κ2) is 7.54. The van der Waals surface area contributed by atoms with E-state index in [2.05, 4.69) is 47.6 Å². The molecule has 1 aliphatic heterocycles. The van der Waals surface area contributed by atoms with Crippen molar-refractivity contribution in [3.05, 3.63) is 70.9 Å². The molecule has 0 bridgehead atoms. The predicted octanol–water partition coefficient (Wildman–Crippen LogP) is 4.98. The van der Waals surface area contributed by atoms with E-state index in [0.717, 1.165) is 48.4 Å². The SMILES string of the molecule is Cc1ccc2c(c1)cc(CN1CCC(C)C1)n2CC(C)(O)c1ccc(F)c(F)c1. The maximum absolute atomic E-state index is 13.8. The first-order valence-electron chi connectivity index (χ1n) is 10.2. The zero-order chi connectivity index (χ0) is 20.8. The minimum atomic E-state index is -1.33. The van der Waals surface area contributed by atoms with Crippen molar-refractivity contribution in [1.29, 1.82) is 0 Å². The van der Waals surface area contributed by atoms with Gasteiger partial charge in [-0.1, -0.05) is 24.6 Å². The Bertz CT molecular complexity index is 1040. The van der Waals surface area contributed by atoms with Crippen LogP contribution in [0.25, 0.3) is 10.9 Å². The maximum Gasteiger partial charge on any atom is 0.159 e. The normalized spacial score (nSPS) is 19.7. The summed E-state index contributed by atoms with van der Waals surface area (Å²) in [6.07, 6.45) is 1.20. The van der Waals surface area contributed by atoms with E-state index in [4.69, 9.17) is 0 Å². The van der Waals surface area contributed by atoms with Gasteiger partial charge in [-0.05, 0) is 68.6 Å². The molecule has 2 unspecified atom stereocenters. The van der Waals surface area contributed by atoms with Crippen LogP contribution in [0.3, 0.4) is 0 Å². The topological polar surface area (TPSA) is 28.4 Å². The van der Waals surface area contributed by atoms with E-state index in [0.29, 0.717) is 11.5 Å². The first-order chi connectivity index (χ1) is 13.7. The molecule has 1 aliphatic rings. The summed E-state index contributed by atoms with van der Waals surface area (Å²) in [5, 5.41) is 12.3. The van der Waals surface area contributed by atoms with Crippen LogP contribution in [0.4, 0.5) is 8.78 Å². The van der Waals surface area contributed by atoms with Crippen LogP contribution in [0.2, 0.25) is 0 Å². The number of fused-ring (bicyclic) bond motifs is 1.